The number of phenols is 1. The Bertz CT molecular complexity index is 712. The second-order valence-electron chi connectivity index (χ2n) is 5.80. The molecule has 1 aliphatic heterocycles. The molecule has 0 saturated carbocycles. The van der Waals surface area contributed by atoms with Gasteiger partial charge >= 0.3 is 5.97 Å². The van der Waals surface area contributed by atoms with E-state index < -0.39 is 6.04 Å². The van der Waals surface area contributed by atoms with Gasteiger partial charge in [-0.15, -0.1) is 0 Å². The maximum Gasteiger partial charge on any atom is 0.329 e. The molecule has 5 heteroatoms. The summed E-state index contributed by atoms with van der Waals surface area (Å²) in [5, 5.41) is 9.32. The monoisotopic (exact) mass is 325 g/mol. The minimum absolute atomic E-state index is 0.104. The number of amides is 1. The van der Waals surface area contributed by atoms with Crippen LogP contribution in [0.15, 0.2) is 54.6 Å². The molecule has 1 N–H and O–H groups in total. The molecular formula is C19H19NO4. The Morgan fingerprint density at radius 1 is 1.08 bits per heavy atom. The zero-order valence-electron chi connectivity index (χ0n) is 13.2. The predicted octanol–water partition coefficient (Wildman–Crippen LogP) is 2.74. The van der Waals surface area contributed by atoms with Crippen molar-refractivity contribution >= 4 is 11.9 Å². The van der Waals surface area contributed by atoms with Crippen LogP contribution in [0.4, 0.5) is 0 Å². The number of carbonyl (C=O) groups excluding carboxylic acids is 2. The number of hydrogen-bond donors (Lipinski definition) is 1. The highest BCUT2D eigenvalue weighted by molar-refractivity contribution is 5.97. The van der Waals surface area contributed by atoms with Gasteiger partial charge < -0.3 is 14.7 Å². The number of likely N-dealkylation sites (tertiary alicyclic amines) is 1. The molecule has 2 aromatic rings. The summed E-state index contributed by atoms with van der Waals surface area (Å²) in [6, 6.07) is 15.0. The third-order valence-electron chi connectivity index (χ3n) is 4.12. The molecule has 24 heavy (non-hydrogen) atoms. The Labute approximate surface area is 140 Å². The predicted molar refractivity (Wildman–Crippen MR) is 88.4 cm³/mol. The summed E-state index contributed by atoms with van der Waals surface area (Å²) < 4.78 is 5.37. The first-order chi connectivity index (χ1) is 11.6. The molecular weight excluding hydrogens is 306 g/mol. The molecule has 3 rings (SSSR count). The van der Waals surface area contributed by atoms with Crippen molar-refractivity contribution in [2.75, 3.05) is 6.54 Å². The van der Waals surface area contributed by atoms with E-state index >= 15 is 0 Å². The standard InChI is InChI=1S/C19H19NO4/c21-16-10-8-15(9-11-16)18(22)20-12-4-7-17(20)19(23)24-13-14-5-2-1-3-6-14/h1-3,5-6,8-11,17,21H,4,7,12-13H2/t17-/m0/s1. The highest BCUT2D eigenvalue weighted by Crippen LogP contribution is 2.22. The Morgan fingerprint density at radius 2 is 1.79 bits per heavy atom. The number of aromatic hydroxyl groups is 1. The molecule has 0 bridgehead atoms. The third kappa shape index (κ3) is 3.56. The minimum Gasteiger partial charge on any atom is -0.508 e. The topological polar surface area (TPSA) is 66.8 Å². The molecule has 0 radical (unpaired) electrons. The summed E-state index contributed by atoms with van der Waals surface area (Å²) in [6.45, 7) is 0.738. The number of ether oxygens (including phenoxy) is 1. The van der Waals surface area contributed by atoms with Gasteiger partial charge in [-0.3, -0.25) is 4.79 Å². The van der Waals surface area contributed by atoms with Crippen LogP contribution in [0.2, 0.25) is 0 Å². The van der Waals surface area contributed by atoms with Crippen LogP contribution >= 0.6 is 0 Å². The van der Waals surface area contributed by atoms with Crippen molar-refractivity contribution in [1.82, 2.24) is 4.90 Å². The van der Waals surface area contributed by atoms with Crippen molar-refractivity contribution in [2.24, 2.45) is 0 Å². The number of rotatable bonds is 4. The van der Waals surface area contributed by atoms with E-state index in [2.05, 4.69) is 0 Å². The van der Waals surface area contributed by atoms with Crippen LogP contribution in [0.1, 0.15) is 28.8 Å². The third-order valence-corrected chi connectivity index (χ3v) is 4.12. The largest absolute Gasteiger partial charge is 0.508 e. The lowest BCUT2D eigenvalue weighted by molar-refractivity contribution is -0.149. The highest BCUT2D eigenvalue weighted by Gasteiger charge is 2.35. The van der Waals surface area contributed by atoms with Gasteiger partial charge in [-0.1, -0.05) is 30.3 Å². The average Bonchev–Trinajstić information content (AvgIpc) is 3.10. The second-order valence-corrected chi connectivity index (χ2v) is 5.80. The van der Waals surface area contributed by atoms with Gasteiger partial charge in [0.25, 0.3) is 5.91 Å². The van der Waals surface area contributed by atoms with Crippen LogP contribution in [0.5, 0.6) is 5.75 Å². The molecule has 1 atom stereocenters. The number of nitrogens with zero attached hydrogens (tertiary/aromatic N) is 1. The fraction of sp³-hybridized carbons (Fsp3) is 0.263. The van der Waals surface area contributed by atoms with Crippen LogP contribution in [0, 0.1) is 0 Å². The van der Waals surface area contributed by atoms with E-state index in [9.17, 15) is 14.7 Å². The number of esters is 1. The van der Waals surface area contributed by atoms with Gasteiger partial charge in [0.15, 0.2) is 0 Å². The Balaban J connectivity index is 1.65. The molecule has 1 fully saturated rings. The Morgan fingerprint density at radius 3 is 2.50 bits per heavy atom. The molecule has 1 saturated heterocycles. The first-order valence-corrected chi connectivity index (χ1v) is 7.96. The molecule has 0 aliphatic carbocycles. The quantitative estimate of drug-likeness (QED) is 0.878. The summed E-state index contributed by atoms with van der Waals surface area (Å²) in [4.78, 5) is 26.5. The van der Waals surface area contributed by atoms with Crippen LogP contribution in [0.3, 0.4) is 0 Å². The van der Waals surface area contributed by atoms with Gasteiger partial charge in [0.2, 0.25) is 0 Å². The number of phenolic OH excluding ortho intramolecular Hbond substituents is 1. The van der Waals surface area contributed by atoms with E-state index in [1.807, 2.05) is 30.3 Å². The van der Waals surface area contributed by atoms with Gasteiger partial charge in [0.05, 0.1) is 0 Å². The molecule has 1 heterocycles. The van der Waals surface area contributed by atoms with Gasteiger partial charge in [0.1, 0.15) is 18.4 Å². The van der Waals surface area contributed by atoms with Crippen LogP contribution in [-0.4, -0.2) is 34.5 Å². The van der Waals surface area contributed by atoms with Gasteiger partial charge in [-0.2, -0.15) is 0 Å². The van der Waals surface area contributed by atoms with Crippen LogP contribution in [-0.2, 0) is 16.1 Å². The lowest BCUT2D eigenvalue weighted by Gasteiger charge is -2.23. The van der Waals surface area contributed by atoms with Crippen molar-refractivity contribution in [3.8, 4) is 5.75 Å². The maximum absolute atomic E-state index is 12.6. The van der Waals surface area contributed by atoms with E-state index in [-0.39, 0.29) is 24.2 Å². The molecule has 124 valence electrons. The summed E-state index contributed by atoms with van der Waals surface area (Å²) in [7, 11) is 0. The summed E-state index contributed by atoms with van der Waals surface area (Å²) >= 11 is 0. The first-order valence-electron chi connectivity index (χ1n) is 7.96. The van der Waals surface area contributed by atoms with E-state index in [1.54, 1.807) is 17.0 Å². The van der Waals surface area contributed by atoms with Gasteiger partial charge in [-0.05, 0) is 42.7 Å². The smallest absolute Gasteiger partial charge is 0.329 e. The highest BCUT2D eigenvalue weighted by atomic mass is 16.5. The summed E-state index contributed by atoms with van der Waals surface area (Å²) in [5.41, 5.74) is 1.37. The average molecular weight is 325 g/mol. The molecule has 2 aromatic carbocycles. The fourth-order valence-electron chi connectivity index (χ4n) is 2.85. The van der Waals surface area contributed by atoms with Gasteiger partial charge in [-0.25, -0.2) is 4.79 Å². The van der Waals surface area contributed by atoms with E-state index in [0.29, 0.717) is 18.5 Å². The van der Waals surface area contributed by atoms with Crippen molar-refractivity contribution in [2.45, 2.75) is 25.5 Å². The summed E-state index contributed by atoms with van der Waals surface area (Å²) in [6.07, 6.45) is 1.38. The lowest BCUT2D eigenvalue weighted by atomic mass is 10.1. The van der Waals surface area contributed by atoms with Crippen LogP contribution in [0.25, 0.3) is 0 Å². The maximum atomic E-state index is 12.6. The number of benzene rings is 2. The molecule has 5 nitrogen and oxygen atoms in total. The molecule has 0 spiro atoms. The minimum atomic E-state index is -0.546. The Hall–Kier alpha value is -2.82. The van der Waals surface area contributed by atoms with Crippen molar-refractivity contribution in [3.63, 3.8) is 0 Å². The van der Waals surface area contributed by atoms with Crippen LogP contribution < -0.4 is 0 Å². The molecule has 0 aromatic heterocycles. The molecule has 1 amide bonds. The normalized spacial score (nSPS) is 16.8. The number of carbonyl (C=O) groups is 2. The second kappa shape index (κ2) is 7.17. The van der Waals surface area contributed by atoms with Crippen molar-refractivity contribution in [3.05, 3.63) is 65.7 Å². The lowest BCUT2D eigenvalue weighted by Crippen LogP contribution is -2.41. The first kappa shape index (κ1) is 16.1. The zero-order valence-corrected chi connectivity index (χ0v) is 13.2. The summed E-state index contributed by atoms with van der Waals surface area (Å²) in [5.74, 6) is -0.482. The van der Waals surface area contributed by atoms with Crippen molar-refractivity contribution in [1.29, 1.82) is 0 Å². The molecule has 0 unspecified atom stereocenters. The fourth-order valence-corrected chi connectivity index (χ4v) is 2.85. The number of hydrogen-bond acceptors (Lipinski definition) is 4. The van der Waals surface area contributed by atoms with Gasteiger partial charge in [0, 0.05) is 12.1 Å². The van der Waals surface area contributed by atoms with E-state index in [4.69, 9.17) is 4.74 Å². The zero-order chi connectivity index (χ0) is 16.9. The van der Waals surface area contributed by atoms with E-state index in [0.717, 1.165) is 12.0 Å². The van der Waals surface area contributed by atoms with E-state index in [1.165, 1.54) is 12.1 Å². The Kier molecular flexibility index (Phi) is 4.79. The SMILES string of the molecule is O=C(OCc1ccccc1)[C@@H]1CCCN1C(=O)c1ccc(O)cc1. The molecule has 1 aliphatic rings. The van der Waals surface area contributed by atoms with Crippen molar-refractivity contribution < 1.29 is 19.4 Å².